The zero-order valence-corrected chi connectivity index (χ0v) is 6.43. The van der Waals surface area contributed by atoms with E-state index in [1.807, 2.05) is 0 Å². The maximum absolute atomic E-state index is 11.2. The van der Waals surface area contributed by atoms with Crippen LogP contribution in [0, 0.1) is 0 Å². The number of aromatic amines is 1. The molecule has 1 aromatic rings. The average molecular weight is 170 g/mol. The number of carbonyl (C=O) groups is 1. The minimum absolute atomic E-state index is 0.153. The molecule has 6 heteroatoms. The van der Waals surface area contributed by atoms with Crippen LogP contribution in [0.5, 0.6) is 0 Å². The molecule has 1 amide bonds. The minimum atomic E-state index is -0.153. The van der Waals surface area contributed by atoms with Crippen LogP contribution in [-0.4, -0.2) is 26.8 Å². The Morgan fingerprint density at radius 3 is 3.36 bits per heavy atom. The number of nitrogens with zero attached hydrogens (tertiary/aromatic N) is 2. The van der Waals surface area contributed by atoms with Crippen LogP contribution in [0.4, 0.5) is 5.82 Å². The van der Waals surface area contributed by atoms with E-state index in [1.165, 1.54) is 10.6 Å². The molecule has 0 unspecified atom stereocenters. The summed E-state index contributed by atoms with van der Waals surface area (Å²) in [5.41, 5.74) is 0.464. The number of H-pyrrole nitrogens is 1. The molecule has 0 fully saturated rings. The van der Waals surface area contributed by atoms with Crippen molar-refractivity contribution in [2.75, 3.05) is 12.0 Å². The summed E-state index contributed by atoms with van der Waals surface area (Å²) in [7, 11) is 0. The summed E-state index contributed by atoms with van der Waals surface area (Å²) >= 11 is 3.93. The van der Waals surface area contributed by atoms with Crippen molar-refractivity contribution in [1.82, 2.24) is 14.3 Å². The predicted octanol–water partition coefficient (Wildman–Crippen LogP) is 0.0797. The lowest BCUT2D eigenvalue weighted by Crippen LogP contribution is -2.33. The Balaban J connectivity index is 2.46. The molecule has 0 atom stereocenters. The second-order valence-corrected chi connectivity index (χ2v) is 2.65. The van der Waals surface area contributed by atoms with E-state index in [9.17, 15) is 4.79 Å². The van der Waals surface area contributed by atoms with Crippen LogP contribution in [0.25, 0.3) is 0 Å². The van der Waals surface area contributed by atoms with Crippen molar-refractivity contribution >= 4 is 24.5 Å². The van der Waals surface area contributed by atoms with Gasteiger partial charge in [0.1, 0.15) is 12.4 Å². The zero-order chi connectivity index (χ0) is 7.84. The van der Waals surface area contributed by atoms with Crippen LogP contribution in [0.2, 0.25) is 0 Å². The van der Waals surface area contributed by atoms with Crippen molar-refractivity contribution in [2.45, 2.75) is 0 Å². The highest BCUT2D eigenvalue weighted by molar-refractivity contribution is 7.78. The van der Waals surface area contributed by atoms with Crippen molar-refractivity contribution < 1.29 is 4.79 Å². The van der Waals surface area contributed by atoms with Crippen LogP contribution in [0.1, 0.15) is 10.5 Å². The number of fused-ring (bicyclic) bond motifs is 1. The fourth-order valence-electron chi connectivity index (χ4n) is 0.942. The van der Waals surface area contributed by atoms with Gasteiger partial charge >= 0.3 is 0 Å². The third-order valence-corrected chi connectivity index (χ3v) is 1.81. The Kier molecular flexibility index (Phi) is 1.28. The van der Waals surface area contributed by atoms with E-state index in [1.54, 1.807) is 0 Å². The van der Waals surface area contributed by atoms with Crippen molar-refractivity contribution in [3.8, 4) is 0 Å². The summed E-state index contributed by atoms with van der Waals surface area (Å²) in [5.74, 6) is 0.444. The SMILES string of the molecule is O=C1c2[nH]cnc2NCN1S. The number of aromatic nitrogens is 2. The number of nitrogens with one attached hydrogen (secondary N) is 2. The second-order valence-electron chi connectivity index (χ2n) is 2.17. The minimum Gasteiger partial charge on any atom is -0.350 e. The number of anilines is 1. The van der Waals surface area contributed by atoms with Crippen LogP contribution in [0.15, 0.2) is 6.33 Å². The highest BCUT2D eigenvalue weighted by Gasteiger charge is 2.23. The topological polar surface area (TPSA) is 61.0 Å². The lowest BCUT2D eigenvalue weighted by molar-refractivity contribution is 0.0869. The van der Waals surface area contributed by atoms with Gasteiger partial charge in [-0.05, 0) is 0 Å². The molecular weight excluding hydrogens is 164 g/mol. The summed E-state index contributed by atoms with van der Waals surface area (Å²) in [5, 5.41) is 2.91. The van der Waals surface area contributed by atoms with Crippen molar-refractivity contribution in [3.05, 3.63) is 12.0 Å². The summed E-state index contributed by atoms with van der Waals surface area (Å²) in [6.07, 6.45) is 1.47. The normalized spacial score (nSPS) is 16.1. The van der Waals surface area contributed by atoms with Crippen molar-refractivity contribution in [3.63, 3.8) is 0 Å². The third-order valence-electron chi connectivity index (χ3n) is 1.48. The van der Waals surface area contributed by atoms with Gasteiger partial charge in [-0.3, -0.25) is 9.10 Å². The molecule has 2 rings (SSSR count). The van der Waals surface area contributed by atoms with Crippen LogP contribution in [-0.2, 0) is 0 Å². The Morgan fingerprint density at radius 2 is 2.55 bits per heavy atom. The average Bonchev–Trinajstić information content (AvgIpc) is 2.45. The molecule has 0 saturated carbocycles. The fraction of sp³-hybridized carbons (Fsp3) is 0.200. The van der Waals surface area contributed by atoms with Crippen molar-refractivity contribution in [2.24, 2.45) is 0 Å². The Morgan fingerprint density at radius 1 is 1.73 bits per heavy atom. The smallest absolute Gasteiger partial charge is 0.285 e. The standard InChI is InChI=1S/C5H6N4OS/c10-5-3-4(7-1-6-3)8-2-9(5)11/h1,8,11H,2H2,(H,6,7). The summed E-state index contributed by atoms with van der Waals surface area (Å²) in [6.45, 7) is 0.389. The fourth-order valence-corrected chi connectivity index (χ4v) is 1.11. The molecule has 5 nitrogen and oxygen atoms in total. The largest absolute Gasteiger partial charge is 0.350 e. The molecular formula is C5H6N4OS. The summed E-state index contributed by atoms with van der Waals surface area (Å²) < 4.78 is 1.28. The van der Waals surface area contributed by atoms with E-state index in [0.717, 1.165) is 0 Å². The Hall–Kier alpha value is -1.17. The van der Waals surface area contributed by atoms with Gasteiger partial charge in [-0.15, -0.1) is 0 Å². The van der Waals surface area contributed by atoms with E-state index in [-0.39, 0.29) is 5.91 Å². The predicted molar refractivity (Wildman–Crippen MR) is 42.2 cm³/mol. The van der Waals surface area contributed by atoms with Crippen LogP contribution < -0.4 is 5.32 Å². The molecule has 0 radical (unpaired) electrons. The van der Waals surface area contributed by atoms with Gasteiger partial charge < -0.3 is 10.3 Å². The number of hydrogen-bond donors (Lipinski definition) is 3. The first-order valence-electron chi connectivity index (χ1n) is 3.07. The van der Waals surface area contributed by atoms with E-state index in [4.69, 9.17) is 0 Å². The number of imidazole rings is 1. The maximum Gasteiger partial charge on any atom is 0.285 e. The van der Waals surface area contributed by atoms with E-state index < -0.39 is 0 Å². The third kappa shape index (κ3) is 0.864. The zero-order valence-electron chi connectivity index (χ0n) is 5.53. The number of thiol groups is 1. The van der Waals surface area contributed by atoms with Crippen molar-refractivity contribution in [1.29, 1.82) is 0 Å². The van der Waals surface area contributed by atoms with Gasteiger partial charge in [-0.2, -0.15) is 0 Å². The van der Waals surface area contributed by atoms with Gasteiger partial charge in [-0.1, -0.05) is 12.8 Å². The van der Waals surface area contributed by atoms with E-state index in [0.29, 0.717) is 18.2 Å². The lowest BCUT2D eigenvalue weighted by atomic mass is 10.3. The molecule has 1 aliphatic rings. The highest BCUT2D eigenvalue weighted by Crippen LogP contribution is 2.17. The quantitative estimate of drug-likeness (QED) is 0.483. The molecule has 0 aromatic carbocycles. The Bertz CT molecular complexity index is 296. The van der Waals surface area contributed by atoms with Gasteiger partial charge in [0.2, 0.25) is 0 Å². The van der Waals surface area contributed by atoms with E-state index >= 15 is 0 Å². The van der Waals surface area contributed by atoms with E-state index in [2.05, 4.69) is 28.1 Å². The molecule has 0 bridgehead atoms. The molecule has 2 N–H and O–H groups in total. The summed E-state index contributed by atoms with van der Waals surface area (Å²) in [6, 6.07) is 0. The van der Waals surface area contributed by atoms with Gasteiger partial charge in [0.15, 0.2) is 5.82 Å². The monoisotopic (exact) mass is 170 g/mol. The van der Waals surface area contributed by atoms with Crippen LogP contribution >= 0.6 is 12.8 Å². The molecule has 1 aromatic heterocycles. The molecule has 1 aliphatic heterocycles. The Labute approximate surface area is 68.3 Å². The number of hydrogen-bond acceptors (Lipinski definition) is 4. The molecule has 0 spiro atoms. The molecule has 58 valence electrons. The van der Waals surface area contributed by atoms with Gasteiger partial charge in [-0.25, -0.2) is 4.98 Å². The first kappa shape index (κ1) is 6.53. The second kappa shape index (κ2) is 2.16. The molecule has 2 heterocycles. The molecule has 0 aliphatic carbocycles. The van der Waals surface area contributed by atoms with Gasteiger partial charge in [0, 0.05) is 0 Å². The highest BCUT2D eigenvalue weighted by atomic mass is 32.1. The number of amides is 1. The molecule has 0 saturated heterocycles. The maximum atomic E-state index is 11.2. The van der Waals surface area contributed by atoms with Gasteiger partial charge in [0.25, 0.3) is 5.91 Å². The summed E-state index contributed by atoms with van der Waals surface area (Å²) in [4.78, 5) is 17.8. The van der Waals surface area contributed by atoms with Crippen LogP contribution in [0.3, 0.4) is 0 Å². The lowest BCUT2D eigenvalue weighted by Gasteiger charge is -2.20. The number of rotatable bonds is 0. The first-order chi connectivity index (χ1) is 5.29. The first-order valence-corrected chi connectivity index (χ1v) is 3.47. The van der Waals surface area contributed by atoms with Gasteiger partial charge in [0.05, 0.1) is 6.33 Å². The number of carbonyl (C=O) groups excluding carboxylic acids is 1. The molecule has 11 heavy (non-hydrogen) atoms.